The molecular weight excluding hydrogens is 112 g/mol. The summed E-state index contributed by atoms with van der Waals surface area (Å²) < 4.78 is 0. The van der Waals surface area contributed by atoms with Gasteiger partial charge in [0.1, 0.15) is 6.29 Å². The standard InChI is InChI=1S/C8H16O/c1-3-4-5-6-8(2)7-9/h7-8H,3-6H2,1-2H3/t8-/m0/s1. The van der Waals surface area contributed by atoms with Crippen molar-refractivity contribution in [3.63, 3.8) is 0 Å². The van der Waals surface area contributed by atoms with Gasteiger partial charge in [0.25, 0.3) is 0 Å². The Kier molecular flexibility index (Phi) is 5.59. The van der Waals surface area contributed by atoms with E-state index in [1.165, 1.54) is 19.3 Å². The molecule has 1 nitrogen and oxygen atoms in total. The van der Waals surface area contributed by atoms with Crippen LogP contribution in [0.25, 0.3) is 0 Å². The molecule has 0 bridgehead atoms. The van der Waals surface area contributed by atoms with E-state index in [-0.39, 0.29) is 5.92 Å². The average molecular weight is 128 g/mol. The lowest BCUT2D eigenvalue weighted by atomic mass is 10.1. The Morgan fingerprint density at radius 3 is 2.56 bits per heavy atom. The molecule has 54 valence electrons. The first-order valence-electron chi connectivity index (χ1n) is 3.76. The Morgan fingerprint density at radius 2 is 2.11 bits per heavy atom. The first kappa shape index (κ1) is 8.67. The highest BCUT2D eigenvalue weighted by Gasteiger charge is 1.96. The lowest BCUT2D eigenvalue weighted by Crippen LogP contribution is -1.94. The Hall–Kier alpha value is -0.330. The van der Waals surface area contributed by atoms with Crippen molar-refractivity contribution in [2.75, 3.05) is 0 Å². The van der Waals surface area contributed by atoms with Gasteiger partial charge in [0.15, 0.2) is 0 Å². The van der Waals surface area contributed by atoms with Crippen LogP contribution in [0.4, 0.5) is 0 Å². The molecule has 9 heavy (non-hydrogen) atoms. The summed E-state index contributed by atoms with van der Waals surface area (Å²) in [6.45, 7) is 4.15. The third-order valence-electron chi connectivity index (χ3n) is 1.50. The van der Waals surface area contributed by atoms with Crippen LogP contribution >= 0.6 is 0 Å². The summed E-state index contributed by atoms with van der Waals surface area (Å²) in [6, 6.07) is 0. The van der Waals surface area contributed by atoms with Gasteiger partial charge in [-0.15, -0.1) is 0 Å². The van der Waals surface area contributed by atoms with E-state index in [9.17, 15) is 4.79 Å². The fraction of sp³-hybridized carbons (Fsp3) is 0.875. The quantitative estimate of drug-likeness (QED) is 0.410. The molecule has 0 aliphatic carbocycles. The molecule has 0 fully saturated rings. The van der Waals surface area contributed by atoms with Crippen LogP contribution < -0.4 is 0 Å². The Labute approximate surface area is 57.5 Å². The zero-order valence-corrected chi connectivity index (χ0v) is 6.39. The van der Waals surface area contributed by atoms with Crippen LogP contribution in [-0.2, 0) is 4.79 Å². The number of unbranched alkanes of at least 4 members (excludes halogenated alkanes) is 2. The highest BCUT2D eigenvalue weighted by molar-refractivity contribution is 5.52. The zero-order chi connectivity index (χ0) is 7.11. The van der Waals surface area contributed by atoms with E-state index in [0.29, 0.717) is 0 Å². The van der Waals surface area contributed by atoms with Crippen LogP contribution in [0.1, 0.15) is 39.5 Å². The third-order valence-corrected chi connectivity index (χ3v) is 1.50. The number of hydrogen-bond acceptors (Lipinski definition) is 1. The minimum atomic E-state index is 0.275. The van der Waals surface area contributed by atoms with Crippen LogP contribution in [0.15, 0.2) is 0 Å². The molecule has 0 aromatic heterocycles. The van der Waals surface area contributed by atoms with Crippen LogP contribution in [-0.4, -0.2) is 6.29 Å². The van der Waals surface area contributed by atoms with Crippen molar-refractivity contribution in [1.29, 1.82) is 0 Å². The number of carbonyl (C=O) groups is 1. The van der Waals surface area contributed by atoms with Crippen molar-refractivity contribution in [3.8, 4) is 0 Å². The summed E-state index contributed by atoms with van der Waals surface area (Å²) in [5, 5.41) is 0. The molecule has 0 N–H and O–H groups in total. The maximum absolute atomic E-state index is 10.1. The fourth-order valence-electron chi connectivity index (χ4n) is 0.784. The van der Waals surface area contributed by atoms with E-state index in [4.69, 9.17) is 0 Å². The van der Waals surface area contributed by atoms with Gasteiger partial charge in [-0.05, 0) is 6.42 Å². The lowest BCUT2D eigenvalue weighted by Gasteiger charge is -1.99. The van der Waals surface area contributed by atoms with Crippen LogP contribution in [0, 0.1) is 5.92 Å². The summed E-state index contributed by atoms with van der Waals surface area (Å²) in [5.41, 5.74) is 0. The van der Waals surface area contributed by atoms with E-state index in [1.54, 1.807) is 0 Å². The minimum absolute atomic E-state index is 0.275. The van der Waals surface area contributed by atoms with Gasteiger partial charge in [0.2, 0.25) is 0 Å². The molecule has 0 spiro atoms. The van der Waals surface area contributed by atoms with Gasteiger partial charge < -0.3 is 4.79 Å². The van der Waals surface area contributed by atoms with Gasteiger partial charge in [0, 0.05) is 5.92 Å². The Morgan fingerprint density at radius 1 is 1.44 bits per heavy atom. The van der Waals surface area contributed by atoms with Gasteiger partial charge in [-0.2, -0.15) is 0 Å². The van der Waals surface area contributed by atoms with Gasteiger partial charge in [0.05, 0.1) is 0 Å². The predicted molar refractivity (Wildman–Crippen MR) is 39.4 cm³/mol. The largest absolute Gasteiger partial charge is 0.303 e. The van der Waals surface area contributed by atoms with Gasteiger partial charge >= 0.3 is 0 Å². The molecule has 1 atom stereocenters. The van der Waals surface area contributed by atoms with E-state index in [2.05, 4.69) is 6.92 Å². The molecule has 0 aromatic rings. The lowest BCUT2D eigenvalue weighted by molar-refractivity contribution is -0.110. The smallest absolute Gasteiger partial charge is 0.122 e. The monoisotopic (exact) mass is 128 g/mol. The molecule has 1 heteroatoms. The fourth-order valence-corrected chi connectivity index (χ4v) is 0.784. The normalized spacial score (nSPS) is 13.1. The molecule has 0 radical (unpaired) electrons. The molecule has 0 aromatic carbocycles. The molecule has 0 saturated heterocycles. The van der Waals surface area contributed by atoms with Crippen molar-refractivity contribution in [3.05, 3.63) is 0 Å². The van der Waals surface area contributed by atoms with E-state index >= 15 is 0 Å². The maximum Gasteiger partial charge on any atom is 0.122 e. The molecule has 0 aliphatic heterocycles. The van der Waals surface area contributed by atoms with E-state index in [1.807, 2.05) is 6.92 Å². The summed E-state index contributed by atoms with van der Waals surface area (Å²) in [4.78, 5) is 10.1. The van der Waals surface area contributed by atoms with Crippen molar-refractivity contribution in [2.24, 2.45) is 5.92 Å². The average Bonchev–Trinajstić information content (AvgIpc) is 1.89. The highest BCUT2D eigenvalue weighted by Crippen LogP contribution is 2.05. The molecule has 0 unspecified atom stereocenters. The van der Waals surface area contributed by atoms with Crippen LogP contribution in [0.5, 0.6) is 0 Å². The van der Waals surface area contributed by atoms with Crippen molar-refractivity contribution >= 4 is 6.29 Å². The van der Waals surface area contributed by atoms with Crippen molar-refractivity contribution < 1.29 is 4.79 Å². The number of rotatable bonds is 5. The van der Waals surface area contributed by atoms with Crippen LogP contribution in [0.2, 0.25) is 0 Å². The first-order chi connectivity index (χ1) is 4.31. The Balaban J connectivity index is 2.96. The second kappa shape index (κ2) is 5.80. The number of aldehydes is 1. The highest BCUT2D eigenvalue weighted by atomic mass is 16.1. The zero-order valence-electron chi connectivity index (χ0n) is 6.39. The Bertz CT molecular complexity index is 69.0. The van der Waals surface area contributed by atoms with Gasteiger partial charge in [-0.1, -0.05) is 33.1 Å². The van der Waals surface area contributed by atoms with E-state index in [0.717, 1.165) is 12.7 Å². The summed E-state index contributed by atoms with van der Waals surface area (Å²) >= 11 is 0. The molecule has 0 rings (SSSR count). The molecule has 0 aliphatic rings. The topological polar surface area (TPSA) is 17.1 Å². The predicted octanol–water partition coefficient (Wildman–Crippen LogP) is 2.40. The number of hydrogen-bond donors (Lipinski definition) is 0. The second-order valence-electron chi connectivity index (χ2n) is 2.61. The first-order valence-corrected chi connectivity index (χ1v) is 3.76. The SMILES string of the molecule is CCCCC[C@H](C)C=O. The molecular formula is C8H16O. The maximum atomic E-state index is 10.1. The summed E-state index contributed by atoms with van der Waals surface area (Å²) in [5.74, 6) is 0.275. The molecule has 0 amide bonds. The summed E-state index contributed by atoms with van der Waals surface area (Å²) in [7, 11) is 0. The minimum Gasteiger partial charge on any atom is -0.303 e. The van der Waals surface area contributed by atoms with E-state index < -0.39 is 0 Å². The summed E-state index contributed by atoms with van der Waals surface area (Å²) in [6.07, 6.45) is 5.81. The number of carbonyl (C=O) groups excluding carboxylic acids is 1. The van der Waals surface area contributed by atoms with Gasteiger partial charge in [-0.25, -0.2) is 0 Å². The molecule has 0 saturated carbocycles. The third kappa shape index (κ3) is 5.54. The van der Waals surface area contributed by atoms with Crippen molar-refractivity contribution in [2.45, 2.75) is 39.5 Å². The van der Waals surface area contributed by atoms with Crippen LogP contribution in [0.3, 0.4) is 0 Å². The molecule has 0 heterocycles. The van der Waals surface area contributed by atoms with Gasteiger partial charge in [-0.3, -0.25) is 0 Å². The second-order valence-corrected chi connectivity index (χ2v) is 2.61. The van der Waals surface area contributed by atoms with Crippen molar-refractivity contribution in [1.82, 2.24) is 0 Å².